The van der Waals surface area contributed by atoms with Crippen molar-refractivity contribution in [2.75, 3.05) is 6.54 Å². The van der Waals surface area contributed by atoms with Gasteiger partial charge in [0.15, 0.2) is 0 Å². The van der Waals surface area contributed by atoms with E-state index in [0.29, 0.717) is 24.2 Å². The SMILES string of the molecule is O=C(NCCc1ccccc1)c1cncc(C(=O)NCc2cccnc2)c1. The van der Waals surface area contributed by atoms with E-state index in [1.807, 2.05) is 42.5 Å². The van der Waals surface area contributed by atoms with Crippen LogP contribution < -0.4 is 10.6 Å². The Morgan fingerprint density at radius 1 is 0.778 bits per heavy atom. The standard InChI is InChI=1S/C21H20N4O2/c26-20(24-10-8-16-5-2-1-3-6-16)18-11-19(15-23-14-18)21(27)25-13-17-7-4-9-22-12-17/h1-7,9,11-12,14-15H,8,10,13H2,(H,24,26)(H,25,27). The number of pyridine rings is 2. The van der Waals surface area contributed by atoms with Crippen molar-refractivity contribution in [3.63, 3.8) is 0 Å². The lowest BCUT2D eigenvalue weighted by atomic mass is 10.1. The fourth-order valence-corrected chi connectivity index (χ4v) is 2.54. The minimum atomic E-state index is -0.287. The maximum absolute atomic E-state index is 12.3. The van der Waals surface area contributed by atoms with Crippen LogP contribution in [0.15, 0.2) is 73.3 Å². The van der Waals surface area contributed by atoms with E-state index in [-0.39, 0.29) is 11.8 Å². The molecule has 1 aromatic carbocycles. The van der Waals surface area contributed by atoms with Gasteiger partial charge in [0.1, 0.15) is 0 Å². The van der Waals surface area contributed by atoms with E-state index in [0.717, 1.165) is 17.5 Å². The molecule has 3 aromatic rings. The van der Waals surface area contributed by atoms with E-state index in [4.69, 9.17) is 0 Å². The fourth-order valence-electron chi connectivity index (χ4n) is 2.54. The van der Waals surface area contributed by atoms with Crippen LogP contribution >= 0.6 is 0 Å². The van der Waals surface area contributed by atoms with E-state index < -0.39 is 0 Å². The summed E-state index contributed by atoms with van der Waals surface area (Å²) in [5.41, 5.74) is 2.75. The van der Waals surface area contributed by atoms with Gasteiger partial charge in [-0.1, -0.05) is 36.4 Å². The maximum Gasteiger partial charge on any atom is 0.253 e. The molecule has 0 fully saturated rings. The van der Waals surface area contributed by atoms with Crippen LogP contribution in [-0.4, -0.2) is 28.3 Å². The third-order valence-corrected chi connectivity index (χ3v) is 3.98. The molecule has 6 heteroatoms. The molecule has 0 saturated heterocycles. The summed E-state index contributed by atoms with van der Waals surface area (Å²) in [6.07, 6.45) is 7.00. The van der Waals surface area contributed by atoms with Gasteiger partial charge in [0, 0.05) is 37.9 Å². The van der Waals surface area contributed by atoms with E-state index >= 15 is 0 Å². The summed E-state index contributed by atoms with van der Waals surface area (Å²) in [5, 5.41) is 5.65. The number of hydrogen-bond acceptors (Lipinski definition) is 4. The molecule has 0 aliphatic rings. The van der Waals surface area contributed by atoms with Crippen LogP contribution in [0.3, 0.4) is 0 Å². The van der Waals surface area contributed by atoms with Gasteiger partial charge in [0.25, 0.3) is 11.8 Å². The van der Waals surface area contributed by atoms with E-state index in [9.17, 15) is 9.59 Å². The zero-order valence-electron chi connectivity index (χ0n) is 14.8. The highest BCUT2D eigenvalue weighted by atomic mass is 16.2. The molecular weight excluding hydrogens is 340 g/mol. The quantitative estimate of drug-likeness (QED) is 0.678. The lowest BCUT2D eigenvalue weighted by molar-refractivity contribution is 0.0950. The molecule has 0 atom stereocenters. The first kappa shape index (κ1) is 18.3. The lowest BCUT2D eigenvalue weighted by Gasteiger charge is -2.08. The van der Waals surface area contributed by atoms with Gasteiger partial charge in [0.05, 0.1) is 11.1 Å². The van der Waals surface area contributed by atoms with Gasteiger partial charge in [-0.15, -0.1) is 0 Å². The fraction of sp³-hybridized carbons (Fsp3) is 0.143. The Morgan fingerprint density at radius 2 is 1.48 bits per heavy atom. The van der Waals surface area contributed by atoms with Gasteiger partial charge in [-0.25, -0.2) is 0 Å². The van der Waals surface area contributed by atoms with Crippen molar-refractivity contribution in [2.45, 2.75) is 13.0 Å². The molecule has 2 amide bonds. The van der Waals surface area contributed by atoms with Crippen LogP contribution in [0.5, 0.6) is 0 Å². The first-order valence-corrected chi connectivity index (χ1v) is 8.66. The molecule has 2 N–H and O–H groups in total. The van der Waals surface area contributed by atoms with Gasteiger partial charge in [0.2, 0.25) is 0 Å². The minimum absolute atomic E-state index is 0.250. The third-order valence-electron chi connectivity index (χ3n) is 3.98. The topological polar surface area (TPSA) is 84.0 Å². The van der Waals surface area contributed by atoms with Crippen LogP contribution in [0.4, 0.5) is 0 Å². The van der Waals surface area contributed by atoms with E-state index in [1.165, 1.54) is 12.4 Å². The number of aromatic nitrogens is 2. The second kappa shape index (κ2) is 9.24. The summed E-state index contributed by atoms with van der Waals surface area (Å²) in [4.78, 5) is 32.6. The highest BCUT2D eigenvalue weighted by Crippen LogP contribution is 2.05. The number of hydrogen-bond donors (Lipinski definition) is 2. The smallest absolute Gasteiger partial charge is 0.253 e. The van der Waals surface area contributed by atoms with Crippen molar-refractivity contribution in [3.05, 3.63) is 95.6 Å². The number of rotatable bonds is 7. The molecule has 0 bridgehead atoms. The molecule has 27 heavy (non-hydrogen) atoms. The first-order valence-electron chi connectivity index (χ1n) is 8.66. The number of carbonyl (C=O) groups is 2. The molecular formula is C21H20N4O2. The van der Waals surface area contributed by atoms with Gasteiger partial charge >= 0.3 is 0 Å². The average molecular weight is 360 g/mol. The summed E-state index contributed by atoms with van der Waals surface area (Å²) in [7, 11) is 0. The zero-order valence-corrected chi connectivity index (χ0v) is 14.8. The monoisotopic (exact) mass is 360 g/mol. The largest absolute Gasteiger partial charge is 0.352 e. The Kier molecular flexibility index (Phi) is 6.25. The number of nitrogens with one attached hydrogen (secondary N) is 2. The highest BCUT2D eigenvalue weighted by Gasteiger charge is 2.11. The van der Waals surface area contributed by atoms with Gasteiger partial charge < -0.3 is 10.6 Å². The Balaban J connectivity index is 1.54. The van der Waals surface area contributed by atoms with Crippen LogP contribution in [0.25, 0.3) is 0 Å². The number of nitrogens with zero attached hydrogens (tertiary/aromatic N) is 2. The molecule has 0 aliphatic carbocycles. The summed E-state index contributed by atoms with van der Waals surface area (Å²) >= 11 is 0. The van der Waals surface area contributed by atoms with Crippen LogP contribution in [0.2, 0.25) is 0 Å². The first-order chi connectivity index (χ1) is 13.2. The van der Waals surface area contributed by atoms with Crippen molar-refractivity contribution >= 4 is 11.8 Å². The summed E-state index contributed by atoms with van der Waals surface area (Å²) in [6.45, 7) is 0.875. The molecule has 136 valence electrons. The van der Waals surface area contributed by atoms with Crippen molar-refractivity contribution in [3.8, 4) is 0 Å². The van der Waals surface area contributed by atoms with Gasteiger partial charge in [-0.2, -0.15) is 0 Å². The zero-order chi connectivity index (χ0) is 18.9. The predicted octanol–water partition coefficient (Wildman–Crippen LogP) is 2.38. The Bertz CT molecular complexity index is 898. The maximum atomic E-state index is 12.3. The van der Waals surface area contributed by atoms with Gasteiger partial charge in [-0.3, -0.25) is 19.6 Å². The minimum Gasteiger partial charge on any atom is -0.352 e. The summed E-state index contributed by atoms with van der Waals surface area (Å²) in [6, 6.07) is 15.2. The van der Waals surface area contributed by atoms with Crippen LogP contribution in [0, 0.1) is 0 Å². The number of carbonyl (C=O) groups excluding carboxylic acids is 2. The van der Waals surface area contributed by atoms with E-state index in [2.05, 4.69) is 20.6 Å². The Hall–Kier alpha value is -3.54. The Morgan fingerprint density at radius 3 is 2.19 bits per heavy atom. The third kappa shape index (κ3) is 5.47. The normalized spacial score (nSPS) is 10.2. The average Bonchev–Trinajstić information content (AvgIpc) is 2.73. The Labute approximate surface area is 157 Å². The second-order valence-electron chi connectivity index (χ2n) is 6.00. The van der Waals surface area contributed by atoms with Crippen molar-refractivity contribution in [1.29, 1.82) is 0 Å². The molecule has 0 unspecified atom stereocenters. The van der Waals surface area contributed by atoms with Crippen molar-refractivity contribution in [1.82, 2.24) is 20.6 Å². The number of amides is 2. The predicted molar refractivity (Wildman–Crippen MR) is 102 cm³/mol. The molecule has 2 aromatic heterocycles. The molecule has 0 saturated carbocycles. The summed E-state index contributed by atoms with van der Waals surface area (Å²) < 4.78 is 0. The number of benzene rings is 1. The second-order valence-corrected chi connectivity index (χ2v) is 6.00. The molecule has 0 radical (unpaired) electrons. The molecule has 6 nitrogen and oxygen atoms in total. The highest BCUT2D eigenvalue weighted by molar-refractivity contribution is 5.99. The van der Waals surface area contributed by atoms with E-state index in [1.54, 1.807) is 18.5 Å². The lowest BCUT2D eigenvalue weighted by Crippen LogP contribution is -2.27. The van der Waals surface area contributed by atoms with Crippen molar-refractivity contribution < 1.29 is 9.59 Å². The molecule has 3 rings (SSSR count). The van der Waals surface area contributed by atoms with Crippen LogP contribution in [-0.2, 0) is 13.0 Å². The molecule has 2 heterocycles. The van der Waals surface area contributed by atoms with Gasteiger partial charge in [-0.05, 0) is 29.7 Å². The molecule has 0 aliphatic heterocycles. The summed E-state index contributed by atoms with van der Waals surface area (Å²) in [5.74, 6) is -0.536. The van der Waals surface area contributed by atoms with Crippen LogP contribution in [0.1, 0.15) is 31.8 Å². The molecule has 0 spiro atoms. The van der Waals surface area contributed by atoms with Crippen molar-refractivity contribution in [2.24, 2.45) is 0 Å².